The second-order valence-electron chi connectivity index (χ2n) is 12.9. The quantitative estimate of drug-likeness (QED) is 0.0880. The van der Waals surface area contributed by atoms with Gasteiger partial charge in [-0.3, -0.25) is 19.3 Å². The molecule has 46 heavy (non-hydrogen) atoms. The van der Waals surface area contributed by atoms with Crippen LogP contribution in [0.4, 0.5) is 0 Å². The first-order valence-electron chi connectivity index (χ1n) is 16.3. The van der Waals surface area contributed by atoms with Crippen LogP contribution in [0.1, 0.15) is 67.2 Å². The van der Waals surface area contributed by atoms with Crippen LogP contribution < -0.4 is 0 Å². The van der Waals surface area contributed by atoms with E-state index in [0.29, 0.717) is 50.9 Å². The number of amides is 2. The number of rotatable bonds is 13. The zero-order valence-electron chi connectivity index (χ0n) is 26.9. The number of aromatic hydroxyl groups is 1. The summed E-state index contributed by atoms with van der Waals surface area (Å²) in [7, 11) is 0.548. The summed E-state index contributed by atoms with van der Waals surface area (Å²) in [6.07, 6.45) is 5.24. The number of aryl methyl sites for hydroxylation is 2. The van der Waals surface area contributed by atoms with E-state index in [0.717, 1.165) is 39.0 Å². The Labute approximate surface area is 271 Å². The molecule has 244 valence electrons. The number of fused-ring (bicyclic) bond motifs is 3. The van der Waals surface area contributed by atoms with Crippen molar-refractivity contribution >= 4 is 36.6 Å². The topological polar surface area (TPSA) is 134 Å². The molecule has 0 radical (unpaired) electrons. The highest BCUT2D eigenvalue weighted by molar-refractivity contribution is 6.43. The van der Waals surface area contributed by atoms with Gasteiger partial charge in [0.2, 0.25) is 11.8 Å². The lowest BCUT2D eigenvalue weighted by Crippen LogP contribution is -2.46. The van der Waals surface area contributed by atoms with Crippen LogP contribution >= 0.6 is 0 Å². The smallest absolute Gasteiger partial charge is 0.455 e. The maximum Gasteiger partial charge on any atom is 0.455 e. The minimum Gasteiger partial charge on any atom is -0.507 e. The number of nitrogens with zero attached hydrogens (tertiary/aromatic N) is 1. The third kappa shape index (κ3) is 7.30. The number of phenolic OH excluding ortho intramolecular Hbond substituents is 1. The Balaban J connectivity index is 1.40. The first-order chi connectivity index (χ1) is 22.1. The summed E-state index contributed by atoms with van der Waals surface area (Å²) < 4.78 is 11.8. The number of allylic oxidation sites excluding steroid dienone is 1. The number of benzene rings is 2. The number of imide groups is 1. The first-order valence-corrected chi connectivity index (χ1v) is 16.3. The van der Waals surface area contributed by atoms with Gasteiger partial charge in [-0.15, -0.1) is 0 Å². The number of hydrogen-bond donors (Lipinski definition) is 3. The average molecular weight is 630 g/mol. The minimum atomic E-state index is -1.07. The molecule has 5 rings (SSSR count). The van der Waals surface area contributed by atoms with Crippen molar-refractivity contribution in [2.45, 2.75) is 71.2 Å². The molecule has 2 aliphatic heterocycles. The number of carboxylic acids is 1. The number of carbonyl (C=O) groups is 3. The van der Waals surface area contributed by atoms with Crippen LogP contribution in [0.3, 0.4) is 0 Å². The molecular formula is C36H44BNO8. The highest BCUT2D eigenvalue weighted by Gasteiger charge is 2.57. The number of unbranched alkanes of at least 4 members (excludes halogenated alkanes) is 2. The molecule has 2 fully saturated rings. The van der Waals surface area contributed by atoms with Gasteiger partial charge >= 0.3 is 13.1 Å². The van der Waals surface area contributed by atoms with Crippen LogP contribution in [0.25, 0.3) is 11.6 Å². The molecule has 2 saturated heterocycles. The Hall–Kier alpha value is -3.73. The summed E-state index contributed by atoms with van der Waals surface area (Å²) in [4.78, 5) is 39.6. The van der Waals surface area contributed by atoms with E-state index in [2.05, 4.69) is 18.2 Å². The number of methoxy groups -OCH3 is 1. The number of likely N-dealkylation sites (tertiary alicyclic amines) is 1. The van der Waals surface area contributed by atoms with Crippen LogP contribution in [0.5, 0.6) is 5.75 Å². The molecule has 1 aliphatic carbocycles. The molecule has 4 atom stereocenters. The molecule has 3 aliphatic rings. The Morgan fingerprint density at radius 2 is 1.76 bits per heavy atom. The minimum absolute atomic E-state index is 0.0670. The molecule has 0 spiro atoms. The Morgan fingerprint density at radius 3 is 2.43 bits per heavy atom. The SMILES string of the molecule is COCC1=C2[C@@H](CC/C(=C/c3cc(C)c(O)c(C)c3)c3ccccc3)OB(O)C[C@@H]2[C@@H]2C(=O)N(CCCCCC(=O)O)C(=O)[C@@H]2C1. The molecule has 3 N–H and O–H groups in total. The summed E-state index contributed by atoms with van der Waals surface area (Å²) >= 11 is 0. The van der Waals surface area contributed by atoms with Gasteiger partial charge in [-0.1, -0.05) is 42.8 Å². The van der Waals surface area contributed by atoms with Crippen molar-refractivity contribution in [3.05, 3.63) is 75.9 Å². The zero-order valence-corrected chi connectivity index (χ0v) is 26.9. The largest absolute Gasteiger partial charge is 0.507 e. The molecule has 2 heterocycles. The third-order valence-electron chi connectivity index (χ3n) is 9.66. The van der Waals surface area contributed by atoms with Crippen molar-refractivity contribution in [2.75, 3.05) is 20.3 Å². The summed E-state index contributed by atoms with van der Waals surface area (Å²) in [6, 6.07) is 14.0. The molecule has 2 amide bonds. The predicted octanol–water partition coefficient (Wildman–Crippen LogP) is 5.42. The highest BCUT2D eigenvalue weighted by atomic mass is 16.5. The highest BCUT2D eigenvalue weighted by Crippen LogP contribution is 2.51. The van der Waals surface area contributed by atoms with Crippen molar-refractivity contribution in [1.29, 1.82) is 0 Å². The van der Waals surface area contributed by atoms with E-state index in [1.165, 1.54) is 4.90 Å². The molecule has 2 aromatic rings. The van der Waals surface area contributed by atoms with Crippen molar-refractivity contribution in [1.82, 2.24) is 4.90 Å². The molecule has 0 bridgehead atoms. The number of hydrogen-bond acceptors (Lipinski definition) is 7. The molecule has 10 heteroatoms. The maximum absolute atomic E-state index is 13.8. The number of carbonyl (C=O) groups excluding carboxylic acids is 2. The third-order valence-corrected chi connectivity index (χ3v) is 9.66. The number of carboxylic acid groups (broad SMARTS) is 1. The van der Waals surface area contributed by atoms with Crippen LogP contribution in [-0.4, -0.2) is 71.4 Å². The van der Waals surface area contributed by atoms with Gasteiger partial charge in [0.1, 0.15) is 5.75 Å². The second-order valence-corrected chi connectivity index (χ2v) is 12.9. The molecule has 0 aromatic heterocycles. The normalized spacial score (nSPS) is 23.2. The molecular weight excluding hydrogens is 585 g/mol. The Bertz CT molecular complexity index is 1500. The summed E-state index contributed by atoms with van der Waals surface area (Å²) in [5.74, 6) is -2.35. The Kier molecular flexibility index (Phi) is 10.8. The van der Waals surface area contributed by atoms with Gasteiger partial charge in [0.15, 0.2) is 0 Å². The van der Waals surface area contributed by atoms with Crippen molar-refractivity contribution in [2.24, 2.45) is 17.8 Å². The van der Waals surface area contributed by atoms with E-state index in [9.17, 15) is 24.5 Å². The number of aliphatic carboxylic acids is 1. The fraction of sp³-hybridized carbons (Fsp3) is 0.472. The van der Waals surface area contributed by atoms with E-state index < -0.39 is 31.0 Å². The van der Waals surface area contributed by atoms with E-state index in [1.807, 2.05) is 44.2 Å². The maximum atomic E-state index is 13.8. The monoisotopic (exact) mass is 629 g/mol. The molecule has 9 nitrogen and oxygen atoms in total. The van der Waals surface area contributed by atoms with Crippen LogP contribution in [0, 0.1) is 31.6 Å². The van der Waals surface area contributed by atoms with Crippen LogP contribution in [-0.2, 0) is 23.8 Å². The fourth-order valence-corrected chi connectivity index (χ4v) is 7.59. The average Bonchev–Trinajstić information content (AvgIpc) is 3.26. The number of ether oxygens (including phenoxy) is 1. The van der Waals surface area contributed by atoms with Crippen LogP contribution in [0.2, 0.25) is 6.32 Å². The zero-order chi connectivity index (χ0) is 33.0. The molecule has 0 unspecified atom stereocenters. The van der Waals surface area contributed by atoms with E-state index >= 15 is 0 Å². The predicted molar refractivity (Wildman–Crippen MR) is 176 cm³/mol. The molecule has 0 saturated carbocycles. The Morgan fingerprint density at radius 1 is 1.04 bits per heavy atom. The number of phenols is 1. The van der Waals surface area contributed by atoms with Crippen molar-refractivity contribution < 1.29 is 39.0 Å². The standard InChI is InChI=1S/C36H44BNO8/c1-22-16-24(17-23(2)34(22)41)18-26(25-10-6-4-7-11-25)13-14-30-32-27(21-45-3)19-28-33(29(32)20-37(44)46-30)36(43)38(35(28)42)15-9-5-8-12-31(39)40/h4,6-7,10-11,16-18,28-30,33,41,44H,5,8-9,12-15,19-21H2,1-3H3,(H,39,40)/b26-18-/t28-,29+,30-,33-/m1/s1. The second kappa shape index (κ2) is 14.8. The lowest BCUT2D eigenvalue weighted by atomic mass is 9.58. The van der Waals surface area contributed by atoms with Crippen LogP contribution in [0.15, 0.2) is 53.6 Å². The van der Waals surface area contributed by atoms with Gasteiger partial charge in [-0.25, -0.2) is 0 Å². The summed E-state index contributed by atoms with van der Waals surface area (Å²) in [5, 5.41) is 30.2. The van der Waals surface area contributed by atoms with Gasteiger partial charge in [0.05, 0.1) is 24.5 Å². The van der Waals surface area contributed by atoms with Crippen molar-refractivity contribution in [3.8, 4) is 5.75 Å². The van der Waals surface area contributed by atoms with Gasteiger partial charge in [0, 0.05) is 20.1 Å². The first kappa shape index (κ1) is 33.6. The fourth-order valence-electron chi connectivity index (χ4n) is 7.59. The van der Waals surface area contributed by atoms with E-state index in [-0.39, 0.29) is 37.0 Å². The molecule has 2 aromatic carbocycles. The van der Waals surface area contributed by atoms with Gasteiger partial charge < -0.3 is 24.6 Å². The van der Waals surface area contributed by atoms with E-state index in [1.54, 1.807) is 7.11 Å². The lowest BCUT2D eigenvalue weighted by Gasteiger charge is -2.43. The summed E-state index contributed by atoms with van der Waals surface area (Å²) in [6.45, 7) is 4.36. The van der Waals surface area contributed by atoms with Crippen molar-refractivity contribution in [3.63, 3.8) is 0 Å². The summed E-state index contributed by atoms with van der Waals surface area (Å²) in [5.41, 5.74) is 6.66. The van der Waals surface area contributed by atoms with E-state index in [4.69, 9.17) is 14.5 Å². The lowest BCUT2D eigenvalue weighted by molar-refractivity contribution is -0.141. The van der Waals surface area contributed by atoms with Gasteiger partial charge in [-0.2, -0.15) is 0 Å². The van der Waals surface area contributed by atoms with Gasteiger partial charge in [0.25, 0.3) is 0 Å². The van der Waals surface area contributed by atoms with Gasteiger partial charge in [-0.05, 0) is 109 Å².